The molecule has 0 aliphatic carbocycles. The molecule has 0 spiro atoms. The highest BCUT2D eigenvalue weighted by atomic mass is 32.2. The Hall–Kier alpha value is -2.25. The molecule has 1 fully saturated rings. The standard InChI is InChI=1S/C19H18F2N4O3S3/c20-13-3-4-15(21)14(10-13)16-12-30-19(22-16)23-17(26)11-24-5-7-25(8-6-24)31(27,28)18-2-1-9-29-18/h1-4,9-10,12H,5-8,11H2,(H,22,23,26). The number of aromatic nitrogens is 1. The molecule has 3 heterocycles. The summed E-state index contributed by atoms with van der Waals surface area (Å²) < 4.78 is 54.1. The lowest BCUT2D eigenvalue weighted by Crippen LogP contribution is -2.50. The van der Waals surface area contributed by atoms with Crippen molar-refractivity contribution in [1.82, 2.24) is 14.2 Å². The number of hydrogen-bond acceptors (Lipinski definition) is 7. The van der Waals surface area contributed by atoms with Crippen LogP contribution in [0.2, 0.25) is 0 Å². The van der Waals surface area contributed by atoms with Crippen molar-refractivity contribution in [2.24, 2.45) is 0 Å². The third kappa shape index (κ3) is 4.99. The molecule has 31 heavy (non-hydrogen) atoms. The number of nitrogens with zero attached hydrogens (tertiary/aromatic N) is 3. The maximum atomic E-state index is 13.9. The lowest BCUT2D eigenvalue weighted by Gasteiger charge is -2.33. The van der Waals surface area contributed by atoms with E-state index in [2.05, 4.69) is 10.3 Å². The van der Waals surface area contributed by atoms with Gasteiger partial charge < -0.3 is 5.32 Å². The van der Waals surface area contributed by atoms with Crippen LogP contribution in [0.15, 0.2) is 45.3 Å². The molecule has 2 aromatic heterocycles. The Balaban J connectivity index is 1.31. The Kier molecular flexibility index (Phi) is 6.44. The first-order valence-corrected chi connectivity index (χ1v) is 12.5. The largest absolute Gasteiger partial charge is 0.301 e. The zero-order chi connectivity index (χ0) is 22.0. The van der Waals surface area contributed by atoms with E-state index in [1.165, 1.54) is 15.6 Å². The number of carbonyl (C=O) groups excluding carboxylic acids is 1. The number of nitrogens with one attached hydrogen (secondary N) is 1. The van der Waals surface area contributed by atoms with E-state index < -0.39 is 21.7 Å². The number of rotatable bonds is 6. The molecule has 12 heteroatoms. The molecule has 1 aromatic carbocycles. The van der Waals surface area contributed by atoms with Crippen LogP contribution < -0.4 is 5.32 Å². The molecule has 1 amide bonds. The molecule has 1 saturated heterocycles. The first-order chi connectivity index (χ1) is 14.8. The molecule has 0 radical (unpaired) electrons. The summed E-state index contributed by atoms with van der Waals surface area (Å²) in [6.07, 6.45) is 0. The van der Waals surface area contributed by atoms with E-state index in [0.717, 1.165) is 29.5 Å². The van der Waals surface area contributed by atoms with Crippen molar-refractivity contribution in [1.29, 1.82) is 0 Å². The Labute approximate surface area is 186 Å². The van der Waals surface area contributed by atoms with E-state index in [1.807, 2.05) is 4.90 Å². The lowest BCUT2D eigenvalue weighted by molar-refractivity contribution is -0.117. The third-order valence-corrected chi connectivity index (χ3v) is 8.77. The summed E-state index contributed by atoms with van der Waals surface area (Å²) in [4.78, 5) is 18.4. The molecular formula is C19H18F2N4O3S3. The van der Waals surface area contributed by atoms with E-state index in [4.69, 9.17) is 0 Å². The molecule has 0 saturated carbocycles. The minimum atomic E-state index is -3.49. The predicted molar refractivity (Wildman–Crippen MR) is 116 cm³/mol. The third-order valence-electron chi connectivity index (χ3n) is 4.74. The van der Waals surface area contributed by atoms with Gasteiger partial charge in [0, 0.05) is 37.1 Å². The summed E-state index contributed by atoms with van der Waals surface area (Å²) in [6.45, 7) is 1.53. The maximum Gasteiger partial charge on any atom is 0.252 e. The molecule has 0 bridgehead atoms. The fourth-order valence-corrected chi connectivity index (χ4v) is 6.47. The van der Waals surface area contributed by atoms with E-state index in [-0.39, 0.29) is 28.8 Å². The predicted octanol–water partition coefficient (Wildman–Crippen LogP) is 3.09. The number of sulfonamides is 1. The number of thiophene rings is 1. The van der Waals surface area contributed by atoms with Gasteiger partial charge in [0.25, 0.3) is 10.0 Å². The van der Waals surface area contributed by atoms with Gasteiger partial charge in [-0.1, -0.05) is 6.07 Å². The fraction of sp³-hybridized carbons (Fsp3) is 0.263. The number of amides is 1. The van der Waals surface area contributed by atoms with Crippen LogP contribution in [0.3, 0.4) is 0 Å². The Bertz CT molecular complexity index is 1170. The SMILES string of the molecule is O=C(CN1CCN(S(=O)(=O)c2cccs2)CC1)Nc1nc(-c2cc(F)ccc2F)cs1. The number of carbonyl (C=O) groups is 1. The topological polar surface area (TPSA) is 82.6 Å². The summed E-state index contributed by atoms with van der Waals surface area (Å²) in [5.41, 5.74) is 0.268. The molecule has 7 nitrogen and oxygen atoms in total. The number of halogens is 2. The molecule has 1 aliphatic rings. The summed E-state index contributed by atoms with van der Waals surface area (Å²) in [5, 5.41) is 6.20. The summed E-state index contributed by atoms with van der Waals surface area (Å²) in [7, 11) is -3.49. The number of hydrogen-bond donors (Lipinski definition) is 1. The van der Waals surface area contributed by atoms with Gasteiger partial charge in [-0.05, 0) is 29.6 Å². The zero-order valence-electron chi connectivity index (χ0n) is 16.1. The van der Waals surface area contributed by atoms with E-state index in [0.29, 0.717) is 30.4 Å². The van der Waals surface area contributed by atoms with Gasteiger partial charge in [-0.15, -0.1) is 22.7 Å². The van der Waals surface area contributed by atoms with Crippen LogP contribution in [-0.2, 0) is 14.8 Å². The second-order valence-electron chi connectivity index (χ2n) is 6.82. The molecule has 1 N–H and O–H groups in total. The fourth-order valence-electron chi connectivity index (χ4n) is 3.18. The molecule has 0 atom stereocenters. The van der Waals surface area contributed by atoms with Crippen LogP contribution in [0.5, 0.6) is 0 Å². The minimum Gasteiger partial charge on any atom is -0.301 e. The van der Waals surface area contributed by atoms with E-state index in [1.54, 1.807) is 22.9 Å². The normalized spacial score (nSPS) is 15.8. The van der Waals surface area contributed by atoms with Crippen molar-refractivity contribution in [3.63, 3.8) is 0 Å². The van der Waals surface area contributed by atoms with Gasteiger partial charge in [0.2, 0.25) is 5.91 Å². The van der Waals surface area contributed by atoms with Crippen molar-refractivity contribution in [3.8, 4) is 11.3 Å². The number of anilines is 1. The van der Waals surface area contributed by atoms with Gasteiger partial charge >= 0.3 is 0 Å². The smallest absolute Gasteiger partial charge is 0.252 e. The summed E-state index contributed by atoms with van der Waals surface area (Å²) >= 11 is 2.30. The number of benzene rings is 1. The Morgan fingerprint density at radius 3 is 2.61 bits per heavy atom. The van der Waals surface area contributed by atoms with E-state index in [9.17, 15) is 22.0 Å². The lowest BCUT2D eigenvalue weighted by atomic mass is 10.1. The van der Waals surface area contributed by atoms with Crippen molar-refractivity contribution in [2.45, 2.75) is 4.21 Å². The van der Waals surface area contributed by atoms with Gasteiger partial charge in [-0.3, -0.25) is 9.69 Å². The van der Waals surface area contributed by atoms with Crippen LogP contribution in [-0.4, -0.2) is 61.2 Å². The quantitative estimate of drug-likeness (QED) is 0.582. The average molecular weight is 485 g/mol. The van der Waals surface area contributed by atoms with Crippen molar-refractivity contribution in [2.75, 3.05) is 38.0 Å². The second-order valence-corrected chi connectivity index (χ2v) is 10.8. The summed E-state index contributed by atoms with van der Waals surface area (Å²) in [5.74, 6) is -1.48. The highest BCUT2D eigenvalue weighted by Gasteiger charge is 2.29. The summed E-state index contributed by atoms with van der Waals surface area (Å²) in [6, 6.07) is 6.39. The van der Waals surface area contributed by atoms with Gasteiger partial charge in [0.1, 0.15) is 15.8 Å². The number of thiazole rings is 1. The molecule has 3 aromatic rings. The van der Waals surface area contributed by atoms with Gasteiger partial charge in [-0.25, -0.2) is 22.2 Å². The van der Waals surface area contributed by atoms with Gasteiger partial charge in [0.15, 0.2) is 5.13 Å². The average Bonchev–Trinajstić information content (AvgIpc) is 3.43. The minimum absolute atomic E-state index is 0.0276. The van der Waals surface area contributed by atoms with Crippen LogP contribution in [0.25, 0.3) is 11.3 Å². The second kappa shape index (κ2) is 9.09. The van der Waals surface area contributed by atoms with Crippen LogP contribution in [0.1, 0.15) is 0 Å². The van der Waals surface area contributed by atoms with Crippen molar-refractivity contribution < 1.29 is 22.0 Å². The molecular weight excluding hydrogens is 466 g/mol. The highest BCUT2D eigenvalue weighted by molar-refractivity contribution is 7.91. The molecule has 164 valence electrons. The van der Waals surface area contributed by atoms with Gasteiger partial charge in [-0.2, -0.15) is 4.31 Å². The first-order valence-electron chi connectivity index (χ1n) is 9.30. The van der Waals surface area contributed by atoms with Crippen molar-refractivity contribution in [3.05, 3.63) is 52.7 Å². The zero-order valence-corrected chi connectivity index (χ0v) is 18.6. The molecule has 4 rings (SSSR count). The number of piperazine rings is 1. The van der Waals surface area contributed by atoms with Gasteiger partial charge in [0.05, 0.1) is 12.2 Å². The van der Waals surface area contributed by atoms with Crippen LogP contribution >= 0.6 is 22.7 Å². The Morgan fingerprint density at radius 2 is 1.90 bits per heavy atom. The maximum absolute atomic E-state index is 13.9. The molecule has 0 unspecified atom stereocenters. The van der Waals surface area contributed by atoms with E-state index >= 15 is 0 Å². The highest BCUT2D eigenvalue weighted by Crippen LogP contribution is 2.28. The Morgan fingerprint density at radius 1 is 1.13 bits per heavy atom. The molecule has 1 aliphatic heterocycles. The van der Waals surface area contributed by atoms with Crippen molar-refractivity contribution >= 4 is 43.7 Å². The van der Waals surface area contributed by atoms with Crippen LogP contribution in [0.4, 0.5) is 13.9 Å². The first kappa shape index (κ1) is 22.0. The van der Waals surface area contributed by atoms with Crippen LogP contribution in [0, 0.1) is 11.6 Å². The monoisotopic (exact) mass is 484 g/mol.